The Morgan fingerprint density at radius 1 is 1.19 bits per heavy atom. The highest BCUT2D eigenvalue weighted by Gasteiger charge is 2.09. The lowest BCUT2D eigenvalue weighted by Gasteiger charge is -2.20. The summed E-state index contributed by atoms with van der Waals surface area (Å²) in [4.78, 5) is 8.49. The van der Waals surface area contributed by atoms with Gasteiger partial charge in [0.2, 0.25) is 0 Å². The highest BCUT2D eigenvalue weighted by molar-refractivity contribution is 9.10. The van der Waals surface area contributed by atoms with E-state index in [9.17, 15) is 0 Å². The Morgan fingerprint density at radius 2 is 1.86 bits per heavy atom. The number of halogens is 1. The zero-order valence-electron chi connectivity index (χ0n) is 12.8. The standard InChI is InChI=1S/C16H20BrN3O/c1-11-5-6-14(13(17)7-11)21-15-18-8-12(9-19-15)10-20-16(2,3)4/h5-9,20H,10H2,1-4H3. The Morgan fingerprint density at radius 3 is 2.43 bits per heavy atom. The predicted molar refractivity (Wildman–Crippen MR) is 87.6 cm³/mol. The third-order valence-corrected chi connectivity index (χ3v) is 3.41. The van der Waals surface area contributed by atoms with Crippen molar-refractivity contribution >= 4 is 15.9 Å². The molecule has 21 heavy (non-hydrogen) atoms. The second kappa shape index (κ2) is 6.54. The number of ether oxygens (including phenoxy) is 1. The maximum atomic E-state index is 5.68. The molecule has 0 aliphatic rings. The highest BCUT2D eigenvalue weighted by Crippen LogP contribution is 2.28. The minimum atomic E-state index is 0.0714. The minimum Gasteiger partial charge on any atom is -0.423 e. The zero-order valence-corrected chi connectivity index (χ0v) is 14.4. The molecule has 5 heteroatoms. The quantitative estimate of drug-likeness (QED) is 0.897. The summed E-state index contributed by atoms with van der Waals surface area (Å²) in [6, 6.07) is 6.23. The van der Waals surface area contributed by atoms with Gasteiger partial charge in [-0.05, 0) is 61.3 Å². The topological polar surface area (TPSA) is 47.0 Å². The van der Waals surface area contributed by atoms with Crippen LogP contribution in [0, 0.1) is 6.92 Å². The molecule has 1 aromatic carbocycles. The van der Waals surface area contributed by atoms with Gasteiger partial charge in [0.05, 0.1) is 4.47 Å². The van der Waals surface area contributed by atoms with E-state index in [-0.39, 0.29) is 5.54 Å². The van der Waals surface area contributed by atoms with Crippen molar-refractivity contribution in [1.82, 2.24) is 15.3 Å². The molecule has 0 fully saturated rings. The zero-order chi connectivity index (χ0) is 15.5. The number of rotatable bonds is 4. The van der Waals surface area contributed by atoms with Gasteiger partial charge in [-0.25, -0.2) is 9.97 Å². The van der Waals surface area contributed by atoms with Gasteiger partial charge in [-0.15, -0.1) is 0 Å². The van der Waals surface area contributed by atoms with Crippen LogP contribution in [0.5, 0.6) is 11.8 Å². The Kier molecular flexibility index (Phi) is 4.96. The SMILES string of the molecule is Cc1ccc(Oc2ncc(CNC(C)(C)C)cn2)c(Br)c1. The van der Waals surface area contributed by atoms with Gasteiger partial charge in [0, 0.05) is 30.0 Å². The van der Waals surface area contributed by atoms with Crippen molar-refractivity contribution < 1.29 is 4.74 Å². The van der Waals surface area contributed by atoms with Crippen LogP contribution in [0.15, 0.2) is 35.1 Å². The number of aromatic nitrogens is 2. The summed E-state index contributed by atoms with van der Waals surface area (Å²) in [7, 11) is 0. The second-order valence-electron chi connectivity index (χ2n) is 6.01. The van der Waals surface area contributed by atoms with Gasteiger partial charge in [-0.2, -0.15) is 0 Å². The van der Waals surface area contributed by atoms with E-state index in [2.05, 4.69) is 52.0 Å². The van der Waals surface area contributed by atoms with Crippen LogP contribution < -0.4 is 10.1 Å². The minimum absolute atomic E-state index is 0.0714. The Hall–Kier alpha value is -1.46. The van der Waals surface area contributed by atoms with Gasteiger partial charge in [0.15, 0.2) is 0 Å². The van der Waals surface area contributed by atoms with Crippen LogP contribution in [0.1, 0.15) is 31.9 Å². The van der Waals surface area contributed by atoms with E-state index < -0.39 is 0 Å². The van der Waals surface area contributed by atoms with Crippen LogP contribution in [-0.4, -0.2) is 15.5 Å². The molecule has 2 rings (SSSR count). The maximum Gasteiger partial charge on any atom is 0.321 e. The van der Waals surface area contributed by atoms with Crippen molar-refractivity contribution in [2.45, 2.75) is 39.8 Å². The molecule has 2 aromatic rings. The van der Waals surface area contributed by atoms with Crippen molar-refractivity contribution in [2.24, 2.45) is 0 Å². The van der Waals surface area contributed by atoms with Crippen molar-refractivity contribution in [3.8, 4) is 11.8 Å². The summed E-state index contributed by atoms with van der Waals surface area (Å²) < 4.78 is 6.57. The molecule has 0 atom stereocenters. The van der Waals surface area contributed by atoms with E-state index in [1.54, 1.807) is 12.4 Å². The van der Waals surface area contributed by atoms with E-state index in [1.165, 1.54) is 5.56 Å². The van der Waals surface area contributed by atoms with E-state index in [1.807, 2.05) is 25.1 Å². The number of nitrogens with one attached hydrogen (secondary N) is 1. The fraction of sp³-hybridized carbons (Fsp3) is 0.375. The van der Waals surface area contributed by atoms with Crippen LogP contribution >= 0.6 is 15.9 Å². The fourth-order valence-electron chi connectivity index (χ4n) is 1.64. The van der Waals surface area contributed by atoms with Crippen LogP contribution in [0.25, 0.3) is 0 Å². The molecule has 0 spiro atoms. The molecule has 0 amide bonds. The maximum absolute atomic E-state index is 5.68. The molecule has 4 nitrogen and oxygen atoms in total. The van der Waals surface area contributed by atoms with Crippen molar-refractivity contribution in [3.05, 3.63) is 46.2 Å². The number of nitrogens with zero attached hydrogens (tertiary/aromatic N) is 2. The lowest BCUT2D eigenvalue weighted by molar-refractivity contribution is 0.419. The summed E-state index contributed by atoms with van der Waals surface area (Å²) in [6.07, 6.45) is 3.56. The van der Waals surface area contributed by atoms with E-state index in [4.69, 9.17) is 4.74 Å². The summed E-state index contributed by atoms with van der Waals surface area (Å²) in [5, 5.41) is 3.39. The third-order valence-electron chi connectivity index (χ3n) is 2.79. The lowest BCUT2D eigenvalue weighted by Crippen LogP contribution is -2.35. The van der Waals surface area contributed by atoms with Crippen molar-refractivity contribution in [1.29, 1.82) is 0 Å². The molecule has 0 saturated heterocycles. The summed E-state index contributed by atoms with van der Waals surface area (Å²) in [5.41, 5.74) is 2.26. The molecule has 112 valence electrons. The molecular formula is C16H20BrN3O. The third kappa shape index (κ3) is 5.10. The van der Waals surface area contributed by atoms with Crippen molar-refractivity contribution in [3.63, 3.8) is 0 Å². The van der Waals surface area contributed by atoms with E-state index in [0.717, 1.165) is 16.6 Å². The van der Waals surface area contributed by atoms with Gasteiger partial charge in [0.1, 0.15) is 5.75 Å². The lowest BCUT2D eigenvalue weighted by atomic mass is 10.1. The number of benzene rings is 1. The Balaban J connectivity index is 2.02. The average Bonchev–Trinajstić information content (AvgIpc) is 2.40. The number of hydrogen-bond donors (Lipinski definition) is 1. The molecule has 0 unspecified atom stereocenters. The fourth-order valence-corrected chi connectivity index (χ4v) is 2.22. The number of hydrogen-bond acceptors (Lipinski definition) is 4. The van der Waals surface area contributed by atoms with Crippen LogP contribution in [0.4, 0.5) is 0 Å². The van der Waals surface area contributed by atoms with Gasteiger partial charge in [0.25, 0.3) is 0 Å². The van der Waals surface area contributed by atoms with Gasteiger partial charge in [-0.3, -0.25) is 0 Å². The van der Waals surface area contributed by atoms with Gasteiger partial charge >= 0.3 is 6.01 Å². The molecule has 0 aliphatic heterocycles. The Labute approximate surface area is 134 Å². The Bertz CT molecular complexity index is 606. The van der Waals surface area contributed by atoms with Gasteiger partial charge < -0.3 is 10.1 Å². The molecule has 0 bridgehead atoms. The first kappa shape index (κ1) is 15.9. The molecule has 1 aromatic heterocycles. The molecule has 1 heterocycles. The van der Waals surface area contributed by atoms with E-state index >= 15 is 0 Å². The summed E-state index contributed by atoms with van der Waals surface area (Å²) in [6.45, 7) is 9.14. The largest absolute Gasteiger partial charge is 0.423 e. The molecule has 1 N–H and O–H groups in total. The monoisotopic (exact) mass is 349 g/mol. The first-order valence-electron chi connectivity index (χ1n) is 6.83. The van der Waals surface area contributed by atoms with Crippen molar-refractivity contribution in [2.75, 3.05) is 0 Å². The normalized spacial score (nSPS) is 11.5. The summed E-state index contributed by atoms with van der Waals surface area (Å²) in [5.74, 6) is 0.709. The highest BCUT2D eigenvalue weighted by atomic mass is 79.9. The molecular weight excluding hydrogens is 330 g/mol. The van der Waals surface area contributed by atoms with Crippen LogP contribution in [0.3, 0.4) is 0 Å². The first-order chi connectivity index (χ1) is 9.83. The molecule has 0 radical (unpaired) electrons. The van der Waals surface area contributed by atoms with Gasteiger partial charge in [-0.1, -0.05) is 6.07 Å². The molecule has 0 aliphatic carbocycles. The smallest absolute Gasteiger partial charge is 0.321 e. The predicted octanol–water partition coefficient (Wildman–Crippen LogP) is 4.23. The van der Waals surface area contributed by atoms with E-state index in [0.29, 0.717) is 11.8 Å². The second-order valence-corrected chi connectivity index (χ2v) is 6.87. The van der Waals surface area contributed by atoms with Crippen LogP contribution in [-0.2, 0) is 6.54 Å². The summed E-state index contributed by atoms with van der Waals surface area (Å²) >= 11 is 3.48. The average molecular weight is 350 g/mol. The first-order valence-corrected chi connectivity index (χ1v) is 7.63. The van der Waals surface area contributed by atoms with Crippen LogP contribution in [0.2, 0.25) is 0 Å². The number of aryl methyl sites for hydroxylation is 1. The molecule has 0 saturated carbocycles.